The topological polar surface area (TPSA) is 55.8 Å². The van der Waals surface area contributed by atoms with Gasteiger partial charge in [0.2, 0.25) is 0 Å². The molecule has 0 bridgehead atoms. The Morgan fingerprint density at radius 1 is 1.18 bits per heavy atom. The normalized spacial score (nSPS) is 14.5. The number of halogens is 3. The molecular formula is C10H7F3O4. The van der Waals surface area contributed by atoms with Gasteiger partial charge in [-0.25, -0.2) is 4.79 Å². The van der Waals surface area contributed by atoms with Crippen LogP contribution in [0.3, 0.4) is 0 Å². The molecule has 4 nitrogen and oxygen atoms in total. The van der Waals surface area contributed by atoms with E-state index in [1.165, 1.54) is 0 Å². The standard InChI is InChI=1S/C10H7F3O4/c11-10(12,13)6-4-8-7(16-1-2-17-8)3-5(6)9(14)15/h3-4H,1-2H2,(H,14,15). The van der Waals surface area contributed by atoms with E-state index in [1.54, 1.807) is 0 Å². The SMILES string of the molecule is O=C(O)c1cc2c(cc1C(F)(F)F)OCCO2. The Balaban J connectivity index is 2.60. The van der Waals surface area contributed by atoms with Crippen LogP contribution in [0.2, 0.25) is 0 Å². The summed E-state index contributed by atoms with van der Waals surface area (Å²) in [6.45, 7) is 0.314. The molecule has 0 fully saturated rings. The Morgan fingerprint density at radius 2 is 1.71 bits per heavy atom. The van der Waals surface area contributed by atoms with Crippen molar-refractivity contribution in [2.45, 2.75) is 6.18 Å². The molecule has 0 saturated carbocycles. The van der Waals surface area contributed by atoms with Gasteiger partial charge in [-0.05, 0) is 12.1 Å². The number of carbonyl (C=O) groups is 1. The first-order chi connectivity index (χ1) is 7.89. The molecule has 1 aliphatic heterocycles. The summed E-state index contributed by atoms with van der Waals surface area (Å²) in [6, 6.07) is 1.48. The summed E-state index contributed by atoms with van der Waals surface area (Å²) >= 11 is 0. The Hall–Kier alpha value is -1.92. The summed E-state index contributed by atoms with van der Waals surface area (Å²) in [5.74, 6) is -1.73. The molecule has 0 unspecified atom stereocenters. The fourth-order valence-corrected chi connectivity index (χ4v) is 1.50. The molecule has 17 heavy (non-hydrogen) atoms. The van der Waals surface area contributed by atoms with Gasteiger partial charge < -0.3 is 14.6 Å². The van der Waals surface area contributed by atoms with Gasteiger partial charge in [-0.2, -0.15) is 13.2 Å². The van der Waals surface area contributed by atoms with Crippen molar-refractivity contribution in [3.8, 4) is 11.5 Å². The quantitative estimate of drug-likeness (QED) is 0.827. The molecule has 7 heteroatoms. The number of alkyl halides is 3. The number of hydrogen-bond donors (Lipinski definition) is 1. The predicted octanol–water partition coefficient (Wildman–Crippen LogP) is 2.17. The monoisotopic (exact) mass is 248 g/mol. The van der Waals surface area contributed by atoms with Gasteiger partial charge in [0.15, 0.2) is 11.5 Å². The summed E-state index contributed by atoms with van der Waals surface area (Å²) < 4.78 is 47.9. The average Bonchev–Trinajstić information content (AvgIpc) is 2.26. The van der Waals surface area contributed by atoms with E-state index in [1.807, 2.05) is 0 Å². The highest BCUT2D eigenvalue weighted by atomic mass is 19.4. The largest absolute Gasteiger partial charge is 0.486 e. The van der Waals surface area contributed by atoms with Crippen molar-refractivity contribution in [2.24, 2.45) is 0 Å². The van der Waals surface area contributed by atoms with Gasteiger partial charge in [0.25, 0.3) is 0 Å². The van der Waals surface area contributed by atoms with Gasteiger partial charge in [0, 0.05) is 0 Å². The number of aromatic carboxylic acids is 1. The first kappa shape index (κ1) is 11.6. The zero-order valence-corrected chi connectivity index (χ0v) is 8.37. The van der Waals surface area contributed by atoms with Crippen molar-refractivity contribution in [3.05, 3.63) is 23.3 Å². The van der Waals surface area contributed by atoms with E-state index in [9.17, 15) is 18.0 Å². The van der Waals surface area contributed by atoms with Gasteiger partial charge in [-0.1, -0.05) is 0 Å². The predicted molar refractivity (Wildman–Crippen MR) is 49.4 cm³/mol. The molecule has 0 aliphatic carbocycles. The second-order valence-electron chi connectivity index (χ2n) is 3.34. The molecule has 1 aromatic carbocycles. The van der Waals surface area contributed by atoms with E-state index in [4.69, 9.17) is 14.6 Å². The van der Waals surface area contributed by atoms with Crippen LogP contribution in [0.15, 0.2) is 12.1 Å². The number of hydrogen-bond acceptors (Lipinski definition) is 3. The van der Waals surface area contributed by atoms with Gasteiger partial charge in [0.1, 0.15) is 13.2 Å². The average molecular weight is 248 g/mol. The second-order valence-corrected chi connectivity index (χ2v) is 3.34. The zero-order valence-electron chi connectivity index (χ0n) is 8.37. The fraction of sp³-hybridized carbons (Fsp3) is 0.300. The van der Waals surface area contributed by atoms with Crippen LogP contribution < -0.4 is 9.47 Å². The lowest BCUT2D eigenvalue weighted by atomic mass is 10.1. The van der Waals surface area contributed by atoms with E-state index in [-0.39, 0.29) is 24.7 Å². The summed E-state index contributed by atoms with van der Waals surface area (Å²) in [5.41, 5.74) is -2.09. The lowest BCUT2D eigenvalue weighted by Gasteiger charge is -2.20. The first-order valence-corrected chi connectivity index (χ1v) is 4.63. The third kappa shape index (κ3) is 2.13. The lowest BCUT2D eigenvalue weighted by molar-refractivity contribution is -0.138. The Labute approximate surface area is 93.6 Å². The minimum atomic E-state index is -4.75. The fourth-order valence-electron chi connectivity index (χ4n) is 1.50. The molecule has 0 spiro atoms. The van der Waals surface area contributed by atoms with Gasteiger partial charge >= 0.3 is 12.1 Å². The molecule has 92 valence electrons. The van der Waals surface area contributed by atoms with Crippen LogP contribution in [-0.2, 0) is 6.18 Å². The van der Waals surface area contributed by atoms with Crippen molar-refractivity contribution in [1.82, 2.24) is 0 Å². The lowest BCUT2D eigenvalue weighted by Crippen LogP contribution is -2.19. The highest BCUT2D eigenvalue weighted by molar-refractivity contribution is 5.90. The second kappa shape index (κ2) is 3.83. The van der Waals surface area contributed by atoms with E-state index >= 15 is 0 Å². The van der Waals surface area contributed by atoms with Crippen LogP contribution in [0, 0.1) is 0 Å². The van der Waals surface area contributed by atoms with Gasteiger partial charge in [-0.3, -0.25) is 0 Å². The van der Waals surface area contributed by atoms with Crippen molar-refractivity contribution < 1.29 is 32.5 Å². The van der Waals surface area contributed by atoms with Crippen LogP contribution in [0.1, 0.15) is 15.9 Å². The number of ether oxygens (including phenoxy) is 2. The third-order valence-corrected chi connectivity index (χ3v) is 2.22. The molecule has 1 aliphatic rings. The number of carboxylic acid groups (broad SMARTS) is 1. The highest BCUT2D eigenvalue weighted by Crippen LogP contribution is 2.40. The van der Waals surface area contributed by atoms with Crippen molar-refractivity contribution in [2.75, 3.05) is 13.2 Å². The Morgan fingerprint density at radius 3 is 2.18 bits per heavy atom. The summed E-state index contributed by atoms with van der Waals surface area (Å²) in [6.07, 6.45) is -4.75. The number of carboxylic acids is 1. The zero-order chi connectivity index (χ0) is 12.6. The minimum Gasteiger partial charge on any atom is -0.486 e. The molecule has 1 heterocycles. The number of rotatable bonds is 1. The van der Waals surface area contributed by atoms with E-state index in [0.717, 1.165) is 6.07 Å². The molecule has 1 N–H and O–H groups in total. The van der Waals surface area contributed by atoms with Crippen molar-refractivity contribution in [3.63, 3.8) is 0 Å². The molecule has 2 rings (SSSR count). The molecule has 0 saturated heterocycles. The maximum Gasteiger partial charge on any atom is 0.417 e. The van der Waals surface area contributed by atoms with E-state index in [2.05, 4.69) is 0 Å². The number of benzene rings is 1. The van der Waals surface area contributed by atoms with E-state index < -0.39 is 23.3 Å². The van der Waals surface area contributed by atoms with Gasteiger partial charge in [0.05, 0.1) is 11.1 Å². The Kier molecular flexibility index (Phi) is 2.60. The van der Waals surface area contributed by atoms with Crippen LogP contribution in [0.5, 0.6) is 11.5 Å². The molecular weight excluding hydrogens is 241 g/mol. The number of fused-ring (bicyclic) bond motifs is 1. The summed E-state index contributed by atoms with van der Waals surface area (Å²) in [7, 11) is 0. The van der Waals surface area contributed by atoms with Crippen LogP contribution in [0.4, 0.5) is 13.2 Å². The molecule has 0 radical (unpaired) electrons. The molecule has 1 aromatic rings. The molecule has 0 amide bonds. The summed E-state index contributed by atoms with van der Waals surface area (Å²) in [4.78, 5) is 10.8. The minimum absolute atomic E-state index is 0.0154. The summed E-state index contributed by atoms with van der Waals surface area (Å²) in [5, 5.41) is 8.73. The first-order valence-electron chi connectivity index (χ1n) is 4.63. The Bertz CT molecular complexity index is 467. The third-order valence-electron chi connectivity index (χ3n) is 2.22. The molecule has 0 atom stereocenters. The van der Waals surface area contributed by atoms with Crippen LogP contribution >= 0.6 is 0 Å². The van der Waals surface area contributed by atoms with E-state index in [0.29, 0.717) is 6.07 Å². The van der Waals surface area contributed by atoms with Gasteiger partial charge in [-0.15, -0.1) is 0 Å². The molecule has 0 aromatic heterocycles. The smallest absolute Gasteiger partial charge is 0.417 e. The maximum atomic E-state index is 12.6. The van der Waals surface area contributed by atoms with Crippen LogP contribution in [0.25, 0.3) is 0 Å². The highest BCUT2D eigenvalue weighted by Gasteiger charge is 2.37. The van der Waals surface area contributed by atoms with Crippen molar-refractivity contribution in [1.29, 1.82) is 0 Å². The van der Waals surface area contributed by atoms with Crippen molar-refractivity contribution >= 4 is 5.97 Å². The van der Waals surface area contributed by atoms with Crippen LogP contribution in [-0.4, -0.2) is 24.3 Å². The maximum absolute atomic E-state index is 12.6.